The summed E-state index contributed by atoms with van der Waals surface area (Å²) in [6.45, 7) is 1.81. The molecule has 7 heteroatoms. The number of nitro groups is 1. The van der Waals surface area contributed by atoms with Gasteiger partial charge in [-0.3, -0.25) is 10.1 Å². The normalized spacial score (nSPS) is 9.86. The van der Waals surface area contributed by atoms with Crippen LogP contribution in [0.5, 0.6) is 0 Å². The number of rotatable bonds is 3. The van der Waals surface area contributed by atoms with Gasteiger partial charge in [0, 0.05) is 6.07 Å². The Labute approximate surface area is 87.1 Å². The number of halogens is 1. The topological polar surface area (TPSA) is 82.6 Å². The predicted molar refractivity (Wildman–Crippen MR) is 49.0 cm³/mol. The van der Waals surface area contributed by atoms with Gasteiger partial charge in [0.25, 0.3) is 0 Å². The summed E-state index contributed by atoms with van der Waals surface area (Å²) in [7, 11) is 0. The fourth-order valence-corrected chi connectivity index (χ4v) is 1.22. The zero-order valence-corrected chi connectivity index (χ0v) is 8.74. The molecule has 1 heterocycles. The van der Waals surface area contributed by atoms with Crippen molar-refractivity contribution in [1.29, 1.82) is 0 Å². The lowest BCUT2D eigenvalue weighted by molar-refractivity contribution is -0.403. The lowest BCUT2D eigenvalue weighted by Crippen LogP contribution is -2.02. The molecule has 0 unspecified atom stereocenters. The zero-order valence-electron chi connectivity index (χ0n) is 7.15. The average Bonchev–Trinajstić information content (AvgIpc) is 2.48. The van der Waals surface area contributed by atoms with Crippen LogP contribution in [0.2, 0.25) is 0 Å². The third-order valence-electron chi connectivity index (χ3n) is 1.31. The Balaban J connectivity index is 2.96. The molecule has 0 aliphatic heterocycles. The highest BCUT2D eigenvalue weighted by Gasteiger charge is 2.23. The maximum absolute atomic E-state index is 11.1. The smallest absolute Gasteiger partial charge is 0.448 e. The first-order valence-corrected chi connectivity index (χ1v) is 4.46. The molecule has 0 atom stereocenters. The fourth-order valence-electron chi connectivity index (χ4n) is 0.786. The van der Waals surface area contributed by atoms with E-state index in [0.717, 1.165) is 0 Å². The summed E-state index contributed by atoms with van der Waals surface area (Å²) < 4.78 is 9.39. The summed E-state index contributed by atoms with van der Waals surface area (Å²) in [5.74, 6) is -1.42. The maximum Gasteiger partial charge on any atom is 0.448 e. The van der Waals surface area contributed by atoms with Crippen molar-refractivity contribution in [2.24, 2.45) is 0 Å². The van der Waals surface area contributed by atoms with E-state index in [1.165, 1.54) is 6.07 Å². The number of nitrogens with zero attached hydrogens (tertiary/aromatic N) is 1. The van der Waals surface area contributed by atoms with Crippen LogP contribution in [0.4, 0.5) is 5.88 Å². The standard InChI is InChI=1S/C7H6BrNO5/c1-2-13-7(10)5-3-4(8)6(14-5)9(11)12/h3H,2H2,1H3. The molecule has 14 heavy (non-hydrogen) atoms. The molecule has 0 saturated heterocycles. The third-order valence-corrected chi connectivity index (χ3v) is 1.88. The second kappa shape index (κ2) is 4.23. The van der Waals surface area contributed by atoms with Gasteiger partial charge in [-0.15, -0.1) is 0 Å². The molecular weight excluding hydrogens is 258 g/mol. The summed E-state index contributed by atoms with van der Waals surface area (Å²) in [5, 5.41) is 10.3. The Morgan fingerprint density at radius 2 is 2.43 bits per heavy atom. The molecule has 0 N–H and O–H groups in total. The van der Waals surface area contributed by atoms with Gasteiger partial charge in [0.05, 0.1) is 6.61 Å². The number of carbonyl (C=O) groups is 1. The molecule has 0 saturated carbocycles. The number of hydrogen-bond acceptors (Lipinski definition) is 5. The van der Waals surface area contributed by atoms with Crippen molar-refractivity contribution in [3.63, 3.8) is 0 Å². The lowest BCUT2D eigenvalue weighted by atomic mass is 10.4. The Morgan fingerprint density at radius 1 is 1.79 bits per heavy atom. The SMILES string of the molecule is CCOC(=O)c1cc(Br)c([N+](=O)[O-])o1. The minimum absolute atomic E-state index is 0.116. The summed E-state index contributed by atoms with van der Waals surface area (Å²) in [6, 6.07) is 1.20. The van der Waals surface area contributed by atoms with Crippen LogP contribution in [0.1, 0.15) is 17.5 Å². The molecule has 76 valence electrons. The highest BCUT2D eigenvalue weighted by atomic mass is 79.9. The molecule has 1 rings (SSSR count). The van der Waals surface area contributed by atoms with Crippen molar-refractivity contribution < 1.29 is 18.9 Å². The van der Waals surface area contributed by atoms with Crippen LogP contribution in [0, 0.1) is 10.1 Å². The molecule has 0 aliphatic rings. The van der Waals surface area contributed by atoms with Crippen molar-refractivity contribution >= 4 is 27.8 Å². The summed E-state index contributed by atoms with van der Waals surface area (Å²) >= 11 is 2.89. The lowest BCUT2D eigenvalue weighted by Gasteiger charge is -1.94. The van der Waals surface area contributed by atoms with Crippen molar-refractivity contribution in [3.05, 3.63) is 26.4 Å². The van der Waals surface area contributed by atoms with Crippen LogP contribution in [0.15, 0.2) is 15.0 Å². The van der Waals surface area contributed by atoms with Gasteiger partial charge < -0.3 is 9.15 Å². The Morgan fingerprint density at radius 3 is 2.86 bits per heavy atom. The summed E-state index contributed by atoms with van der Waals surface area (Å²) in [5.41, 5.74) is 0. The first kappa shape index (κ1) is 10.7. The van der Waals surface area contributed by atoms with Crippen LogP contribution >= 0.6 is 15.9 Å². The van der Waals surface area contributed by atoms with E-state index >= 15 is 0 Å². The Hall–Kier alpha value is -1.37. The number of carbonyl (C=O) groups excluding carboxylic acids is 1. The highest BCUT2D eigenvalue weighted by Crippen LogP contribution is 2.28. The second-order valence-corrected chi connectivity index (χ2v) is 3.10. The van der Waals surface area contributed by atoms with E-state index in [-0.39, 0.29) is 16.8 Å². The van der Waals surface area contributed by atoms with E-state index in [1.807, 2.05) is 0 Å². The number of furan rings is 1. The largest absolute Gasteiger partial charge is 0.460 e. The summed E-state index contributed by atoms with van der Waals surface area (Å²) in [4.78, 5) is 20.7. The van der Waals surface area contributed by atoms with Crippen molar-refractivity contribution in [2.75, 3.05) is 6.61 Å². The van der Waals surface area contributed by atoms with Crippen LogP contribution in [0.25, 0.3) is 0 Å². The maximum atomic E-state index is 11.1. The van der Waals surface area contributed by atoms with E-state index in [0.29, 0.717) is 0 Å². The van der Waals surface area contributed by atoms with Gasteiger partial charge in [-0.05, 0) is 22.9 Å². The van der Waals surface area contributed by atoms with Gasteiger partial charge in [-0.2, -0.15) is 0 Å². The predicted octanol–water partition coefficient (Wildman–Crippen LogP) is 2.13. The van der Waals surface area contributed by atoms with Crippen molar-refractivity contribution in [1.82, 2.24) is 0 Å². The first-order chi connectivity index (χ1) is 6.56. The molecule has 0 fully saturated rings. The minimum Gasteiger partial charge on any atom is -0.460 e. The van der Waals surface area contributed by atoms with Gasteiger partial charge in [-0.1, -0.05) is 0 Å². The average molecular weight is 264 g/mol. The number of ether oxygens (including phenoxy) is 1. The number of hydrogen-bond donors (Lipinski definition) is 0. The second-order valence-electron chi connectivity index (χ2n) is 2.24. The van der Waals surface area contributed by atoms with Crippen LogP contribution < -0.4 is 0 Å². The van der Waals surface area contributed by atoms with Crippen LogP contribution in [-0.2, 0) is 4.74 Å². The van der Waals surface area contributed by atoms with E-state index in [9.17, 15) is 14.9 Å². The van der Waals surface area contributed by atoms with Crippen LogP contribution in [0.3, 0.4) is 0 Å². The molecule has 0 aliphatic carbocycles. The van der Waals surface area contributed by atoms with Crippen molar-refractivity contribution in [3.8, 4) is 0 Å². The monoisotopic (exact) mass is 263 g/mol. The molecule has 0 spiro atoms. The van der Waals surface area contributed by atoms with Gasteiger partial charge in [0.15, 0.2) is 0 Å². The molecule has 0 bridgehead atoms. The summed E-state index contributed by atoms with van der Waals surface area (Å²) in [6.07, 6.45) is 0. The first-order valence-electron chi connectivity index (χ1n) is 3.67. The minimum atomic E-state index is -0.729. The van der Waals surface area contributed by atoms with Crippen molar-refractivity contribution in [2.45, 2.75) is 6.92 Å². The molecule has 0 radical (unpaired) electrons. The molecule has 0 aromatic carbocycles. The van der Waals surface area contributed by atoms with E-state index in [1.54, 1.807) is 6.92 Å². The van der Waals surface area contributed by atoms with Gasteiger partial charge in [0.1, 0.15) is 9.40 Å². The molecular formula is C7H6BrNO5. The number of esters is 1. The van der Waals surface area contributed by atoms with Gasteiger partial charge in [-0.25, -0.2) is 4.79 Å². The molecule has 6 nitrogen and oxygen atoms in total. The zero-order chi connectivity index (χ0) is 10.7. The third kappa shape index (κ3) is 2.11. The molecule has 0 amide bonds. The quantitative estimate of drug-likeness (QED) is 0.474. The van der Waals surface area contributed by atoms with E-state index < -0.39 is 16.8 Å². The van der Waals surface area contributed by atoms with E-state index in [4.69, 9.17) is 0 Å². The van der Waals surface area contributed by atoms with Gasteiger partial charge in [0.2, 0.25) is 5.76 Å². The highest BCUT2D eigenvalue weighted by molar-refractivity contribution is 9.10. The van der Waals surface area contributed by atoms with Gasteiger partial charge >= 0.3 is 11.9 Å². The Kier molecular flexibility index (Phi) is 3.23. The molecule has 1 aromatic heterocycles. The molecule has 1 aromatic rings. The Bertz CT molecular complexity index is 372. The fraction of sp³-hybridized carbons (Fsp3) is 0.286. The van der Waals surface area contributed by atoms with E-state index in [2.05, 4.69) is 25.1 Å². The van der Waals surface area contributed by atoms with Crippen LogP contribution in [-0.4, -0.2) is 17.5 Å².